The molecular formula is C28H35N3O3. The second kappa shape index (κ2) is 9.40. The fraction of sp³-hybridized carbons (Fsp3) is 0.536. The van der Waals surface area contributed by atoms with E-state index in [9.17, 15) is 4.79 Å². The molecule has 0 bridgehead atoms. The van der Waals surface area contributed by atoms with E-state index in [0.717, 1.165) is 50.0 Å². The Morgan fingerprint density at radius 1 is 1.12 bits per heavy atom. The molecule has 1 unspecified atom stereocenters. The quantitative estimate of drug-likeness (QED) is 0.511. The maximum Gasteiger partial charge on any atom is 0.259 e. The van der Waals surface area contributed by atoms with Crippen molar-refractivity contribution >= 4 is 0 Å². The summed E-state index contributed by atoms with van der Waals surface area (Å²) in [7, 11) is 0. The van der Waals surface area contributed by atoms with Crippen molar-refractivity contribution in [2.45, 2.75) is 84.7 Å². The van der Waals surface area contributed by atoms with Gasteiger partial charge in [0.15, 0.2) is 0 Å². The second-order valence-corrected chi connectivity index (χ2v) is 11.0. The first-order valence-corrected chi connectivity index (χ1v) is 12.7. The molecule has 6 heteroatoms. The summed E-state index contributed by atoms with van der Waals surface area (Å²) >= 11 is 0. The molecule has 6 nitrogen and oxygen atoms in total. The Morgan fingerprint density at radius 2 is 1.94 bits per heavy atom. The molecule has 2 aromatic heterocycles. The molecule has 0 radical (unpaired) electrons. The molecule has 0 amide bonds. The molecule has 0 spiro atoms. The SMILES string of the molecule is CC(C)(C)C1CCc2[nH]c(=O)c(-c3noc(CCc4cccc(OC5CCCC5)c4)n3)cc2C1. The summed E-state index contributed by atoms with van der Waals surface area (Å²) in [5.74, 6) is 2.44. The molecule has 2 aliphatic rings. The Hall–Kier alpha value is -2.89. The van der Waals surface area contributed by atoms with Crippen LogP contribution in [0, 0.1) is 11.3 Å². The summed E-state index contributed by atoms with van der Waals surface area (Å²) < 4.78 is 11.6. The number of H-pyrrole nitrogens is 1. The molecule has 0 saturated heterocycles. The maximum absolute atomic E-state index is 12.7. The van der Waals surface area contributed by atoms with Crippen LogP contribution in [0.15, 0.2) is 39.6 Å². The van der Waals surface area contributed by atoms with E-state index < -0.39 is 0 Å². The van der Waals surface area contributed by atoms with Crippen LogP contribution in [0.1, 0.15) is 75.6 Å². The summed E-state index contributed by atoms with van der Waals surface area (Å²) in [5.41, 5.74) is 4.03. The van der Waals surface area contributed by atoms with E-state index in [4.69, 9.17) is 9.26 Å². The lowest BCUT2D eigenvalue weighted by Gasteiger charge is -2.34. The van der Waals surface area contributed by atoms with Crippen LogP contribution >= 0.6 is 0 Å². The molecule has 1 atom stereocenters. The van der Waals surface area contributed by atoms with Gasteiger partial charge >= 0.3 is 0 Å². The highest BCUT2D eigenvalue weighted by Crippen LogP contribution is 2.37. The van der Waals surface area contributed by atoms with Gasteiger partial charge in [-0.25, -0.2) is 0 Å². The summed E-state index contributed by atoms with van der Waals surface area (Å²) in [6, 6.07) is 10.2. The summed E-state index contributed by atoms with van der Waals surface area (Å²) in [4.78, 5) is 20.4. The van der Waals surface area contributed by atoms with Crippen molar-refractivity contribution in [2.24, 2.45) is 11.3 Å². The van der Waals surface area contributed by atoms with E-state index in [1.165, 1.54) is 24.0 Å². The number of ether oxygens (including phenoxy) is 1. The van der Waals surface area contributed by atoms with Crippen molar-refractivity contribution in [1.82, 2.24) is 15.1 Å². The highest BCUT2D eigenvalue weighted by Gasteiger charge is 2.30. The van der Waals surface area contributed by atoms with Crippen LogP contribution in [0.4, 0.5) is 0 Å². The van der Waals surface area contributed by atoms with Gasteiger partial charge < -0.3 is 14.2 Å². The zero-order chi connectivity index (χ0) is 23.7. The molecule has 1 N–H and O–H groups in total. The molecule has 1 saturated carbocycles. The smallest absolute Gasteiger partial charge is 0.259 e. The average Bonchev–Trinajstić information content (AvgIpc) is 3.49. The number of pyridine rings is 1. The van der Waals surface area contributed by atoms with Gasteiger partial charge in [-0.05, 0) is 92.0 Å². The third-order valence-corrected chi connectivity index (χ3v) is 7.49. The lowest BCUT2D eigenvalue weighted by Crippen LogP contribution is -2.29. The standard InChI is InChI=1S/C28H35N3O3/c1-28(2,3)20-12-13-24-19(16-20)17-23(27(32)29-24)26-30-25(34-31-26)14-11-18-7-6-10-22(15-18)33-21-8-4-5-9-21/h6-7,10,15,17,20-21H,4-5,8-9,11-14,16H2,1-3H3,(H,29,32). The van der Waals surface area contributed by atoms with E-state index in [-0.39, 0.29) is 11.0 Å². The van der Waals surface area contributed by atoms with E-state index in [1.54, 1.807) is 0 Å². The van der Waals surface area contributed by atoms with Crippen LogP contribution in [0.2, 0.25) is 0 Å². The summed E-state index contributed by atoms with van der Waals surface area (Å²) in [6.45, 7) is 6.87. The van der Waals surface area contributed by atoms with Gasteiger partial charge in [-0.15, -0.1) is 0 Å². The van der Waals surface area contributed by atoms with Crippen LogP contribution in [-0.4, -0.2) is 21.2 Å². The highest BCUT2D eigenvalue weighted by atomic mass is 16.5. The zero-order valence-electron chi connectivity index (χ0n) is 20.5. The van der Waals surface area contributed by atoms with E-state index >= 15 is 0 Å². The Balaban J connectivity index is 1.27. The van der Waals surface area contributed by atoms with Crippen LogP contribution in [-0.2, 0) is 25.7 Å². The number of aryl methyl sites for hydroxylation is 3. The van der Waals surface area contributed by atoms with Gasteiger partial charge in [0.25, 0.3) is 5.56 Å². The lowest BCUT2D eigenvalue weighted by atomic mass is 9.71. The summed E-state index contributed by atoms with van der Waals surface area (Å²) in [5, 5.41) is 4.13. The fourth-order valence-electron chi connectivity index (χ4n) is 5.30. The van der Waals surface area contributed by atoms with Crippen molar-refractivity contribution in [3.63, 3.8) is 0 Å². The molecule has 3 aromatic rings. The maximum atomic E-state index is 12.7. The number of aromatic amines is 1. The number of benzene rings is 1. The monoisotopic (exact) mass is 461 g/mol. The van der Waals surface area contributed by atoms with E-state index in [1.807, 2.05) is 18.2 Å². The third kappa shape index (κ3) is 5.11. The molecule has 2 heterocycles. The van der Waals surface area contributed by atoms with Crippen molar-refractivity contribution in [3.05, 3.63) is 63.4 Å². The van der Waals surface area contributed by atoms with Gasteiger partial charge in [0.1, 0.15) is 5.75 Å². The number of nitrogens with zero attached hydrogens (tertiary/aromatic N) is 2. The zero-order valence-corrected chi connectivity index (χ0v) is 20.5. The van der Waals surface area contributed by atoms with Gasteiger partial charge in [-0.3, -0.25) is 4.79 Å². The predicted octanol–water partition coefficient (Wildman–Crippen LogP) is 5.68. The second-order valence-electron chi connectivity index (χ2n) is 11.0. The molecule has 2 aliphatic carbocycles. The minimum absolute atomic E-state index is 0.142. The normalized spacial score (nSPS) is 18.7. The molecule has 34 heavy (non-hydrogen) atoms. The number of nitrogens with one attached hydrogen (secondary N) is 1. The number of hydrogen-bond acceptors (Lipinski definition) is 5. The Kier molecular flexibility index (Phi) is 6.32. The first kappa shape index (κ1) is 22.9. The highest BCUT2D eigenvalue weighted by molar-refractivity contribution is 5.55. The van der Waals surface area contributed by atoms with Crippen molar-refractivity contribution < 1.29 is 9.26 Å². The van der Waals surface area contributed by atoms with Crippen molar-refractivity contribution in [1.29, 1.82) is 0 Å². The number of fused-ring (bicyclic) bond motifs is 1. The van der Waals surface area contributed by atoms with E-state index in [2.05, 4.69) is 48.0 Å². The molecule has 0 aliphatic heterocycles. The molecule has 1 aromatic carbocycles. The van der Waals surface area contributed by atoms with Gasteiger partial charge in [-0.1, -0.05) is 38.1 Å². The minimum Gasteiger partial charge on any atom is -0.490 e. The fourth-order valence-corrected chi connectivity index (χ4v) is 5.30. The van der Waals surface area contributed by atoms with Crippen LogP contribution < -0.4 is 10.3 Å². The molecule has 5 rings (SSSR count). The van der Waals surface area contributed by atoms with Crippen molar-refractivity contribution in [3.8, 4) is 17.1 Å². The first-order valence-electron chi connectivity index (χ1n) is 12.7. The van der Waals surface area contributed by atoms with Gasteiger partial charge in [0, 0.05) is 12.1 Å². The lowest BCUT2D eigenvalue weighted by molar-refractivity contribution is 0.210. The summed E-state index contributed by atoms with van der Waals surface area (Å²) in [6.07, 6.45) is 9.53. The molecule has 1 fully saturated rings. The predicted molar refractivity (Wildman–Crippen MR) is 132 cm³/mol. The van der Waals surface area contributed by atoms with Gasteiger partial charge in [-0.2, -0.15) is 4.98 Å². The Labute approximate surface area is 201 Å². The number of hydrogen-bond donors (Lipinski definition) is 1. The van der Waals surface area contributed by atoms with Crippen LogP contribution in [0.5, 0.6) is 5.75 Å². The average molecular weight is 462 g/mol. The topological polar surface area (TPSA) is 81.0 Å². The van der Waals surface area contributed by atoms with Gasteiger partial charge in [0.05, 0.1) is 11.7 Å². The first-order chi connectivity index (χ1) is 16.3. The van der Waals surface area contributed by atoms with Crippen molar-refractivity contribution in [2.75, 3.05) is 0 Å². The Morgan fingerprint density at radius 3 is 2.74 bits per heavy atom. The van der Waals surface area contributed by atoms with Crippen LogP contribution in [0.25, 0.3) is 11.4 Å². The minimum atomic E-state index is -0.142. The largest absolute Gasteiger partial charge is 0.490 e. The van der Waals surface area contributed by atoms with Gasteiger partial charge in [0.2, 0.25) is 11.7 Å². The Bertz CT molecular complexity index is 1200. The number of aromatic nitrogens is 3. The van der Waals surface area contributed by atoms with E-state index in [0.29, 0.717) is 35.7 Å². The van der Waals surface area contributed by atoms with Crippen LogP contribution in [0.3, 0.4) is 0 Å². The third-order valence-electron chi connectivity index (χ3n) is 7.49. The number of rotatable bonds is 6. The molecular weight excluding hydrogens is 426 g/mol. The molecule has 180 valence electrons.